The summed E-state index contributed by atoms with van der Waals surface area (Å²) in [6, 6.07) is 8.78. The van der Waals surface area contributed by atoms with Crippen LogP contribution in [0.25, 0.3) is 0 Å². The van der Waals surface area contributed by atoms with Crippen molar-refractivity contribution >= 4 is 17.5 Å². The summed E-state index contributed by atoms with van der Waals surface area (Å²) < 4.78 is 0. The Morgan fingerprint density at radius 2 is 2.20 bits per heavy atom. The molecule has 5 heteroatoms. The second kappa shape index (κ2) is 5.45. The molecule has 0 saturated carbocycles. The molecular weight excluding hydrogens is 250 g/mol. The van der Waals surface area contributed by atoms with Gasteiger partial charge in [0.05, 0.1) is 6.20 Å². The average Bonchev–Trinajstić information content (AvgIpc) is 2.91. The molecular formula is C15H19N5. The number of rotatable bonds is 4. The molecule has 1 aromatic carbocycles. The lowest BCUT2D eigenvalue weighted by molar-refractivity contribution is 0.745. The summed E-state index contributed by atoms with van der Waals surface area (Å²) in [5.41, 5.74) is 2.59. The highest BCUT2D eigenvalue weighted by molar-refractivity contribution is 5.67. The van der Waals surface area contributed by atoms with Crippen LogP contribution in [0.15, 0.2) is 30.5 Å². The van der Waals surface area contributed by atoms with E-state index in [-0.39, 0.29) is 0 Å². The van der Waals surface area contributed by atoms with E-state index in [0.29, 0.717) is 12.0 Å². The van der Waals surface area contributed by atoms with Crippen molar-refractivity contribution in [3.63, 3.8) is 0 Å². The topological polar surface area (TPSA) is 53.9 Å². The van der Waals surface area contributed by atoms with Crippen molar-refractivity contribution in [1.29, 1.82) is 0 Å². The number of nitrogens with zero attached hydrogens (tertiary/aromatic N) is 4. The van der Waals surface area contributed by atoms with E-state index < -0.39 is 0 Å². The van der Waals surface area contributed by atoms with Crippen molar-refractivity contribution in [2.24, 2.45) is 0 Å². The van der Waals surface area contributed by atoms with Crippen molar-refractivity contribution in [3.05, 3.63) is 36.0 Å². The van der Waals surface area contributed by atoms with E-state index >= 15 is 0 Å². The van der Waals surface area contributed by atoms with Crippen LogP contribution in [0.1, 0.15) is 25.8 Å². The summed E-state index contributed by atoms with van der Waals surface area (Å²) in [5, 5.41) is 11.4. The predicted molar refractivity (Wildman–Crippen MR) is 80.4 cm³/mol. The number of nitrogens with one attached hydrogen (secondary N) is 1. The van der Waals surface area contributed by atoms with Crippen LogP contribution in [0.2, 0.25) is 0 Å². The third kappa shape index (κ3) is 2.43. The molecule has 1 unspecified atom stereocenters. The van der Waals surface area contributed by atoms with Gasteiger partial charge < -0.3 is 10.2 Å². The second-order valence-corrected chi connectivity index (χ2v) is 5.12. The minimum Gasteiger partial charge on any atom is -0.350 e. The van der Waals surface area contributed by atoms with Gasteiger partial charge in [0.1, 0.15) is 0 Å². The third-order valence-corrected chi connectivity index (χ3v) is 3.70. The zero-order valence-electron chi connectivity index (χ0n) is 11.9. The van der Waals surface area contributed by atoms with Gasteiger partial charge in [0.15, 0.2) is 5.82 Å². The van der Waals surface area contributed by atoms with Crippen LogP contribution in [0.5, 0.6) is 0 Å². The van der Waals surface area contributed by atoms with Crippen molar-refractivity contribution in [3.8, 4) is 0 Å². The van der Waals surface area contributed by atoms with Crippen LogP contribution in [-0.2, 0) is 6.42 Å². The summed E-state index contributed by atoms with van der Waals surface area (Å²) in [6.07, 6.45) is 3.80. The molecule has 104 valence electrons. The van der Waals surface area contributed by atoms with Gasteiger partial charge >= 0.3 is 0 Å². The van der Waals surface area contributed by atoms with Gasteiger partial charge in [0.25, 0.3) is 0 Å². The van der Waals surface area contributed by atoms with E-state index in [0.717, 1.165) is 25.2 Å². The molecule has 1 atom stereocenters. The monoisotopic (exact) mass is 269 g/mol. The number of hydrogen-bond acceptors (Lipinski definition) is 5. The van der Waals surface area contributed by atoms with E-state index in [2.05, 4.69) is 63.5 Å². The van der Waals surface area contributed by atoms with Gasteiger partial charge in [-0.15, -0.1) is 5.10 Å². The lowest BCUT2D eigenvalue weighted by Crippen LogP contribution is -2.19. The van der Waals surface area contributed by atoms with Gasteiger partial charge in [-0.3, -0.25) is 0 Å². The normalized spacial score (nSPS) is 15.0. The first-order valence-corrected chi connectivity index (χ1v) is 7.09. The summed E-state index contributed by atoms with van der Waals surface area (Å²) in [4.78, 5) is 6.78. The van der Waals surface area contributed by atoms with Crippen molar-refractivity contribution in [2.45, 2.75) is 32.7 Å². The molecule has 1 aliphatic rings. The number of aromatic nitrogens is 3. The summed E-state index contributed by atoms with van der Waals surface area (Å²) in [5.74, 6) is 1.46. The zero-order valence-corrected chi connectivity index (χ0v) is 11.9. The Kier molecular flexibility index (Phi) is 3.50. The van der Waals surface area contributed by atoms with E-state index in [9.17, 15) is 0 Å². The highest BCUT2D eigenvalue weighted by Crippen LogP contribution is 2.32. The summed E-state index contributed by atoms with van der Waals surface area (Å²) >= 11 is 0. The number of fused-ring (bicyclic) bond motifs is 1. The number of benzene rings is 1. The molecule has 3 rings (SSSR count). The predicted octanol–water partition coefficient (Wildman–Crippen LogP) is 2.78. The Balaban J connectivity index is 1.87. The number of para-hydroxylation sites is 1. The molecule has 1 N–H and O–H groups in total. The van der Waals surface area contributed by atoms with Gasteiger partial charge in [0.2, 0.25) is 5.95 Å². The Hall–Kier alpha value is -2.17. The minimum atomic E-state index is 0.345. The fourth-order valence-electron chi connectivity index (χ4n) is 2.38. The minimum absolute atomic E-state index is 0.345. The van der Waals surface area contributed by atoms with Crippen molar-refractivity contribution in [2.75, 3.05) is 16.8 Å². The molecule has 2 heterocycles. The number of hydrogen-bond donors (Lipinski definition) is 1. The average molecular weight is 269 g/mol. The van der Waals surface area contributed by atoms with Crippen LogP contribution in [0.3, 0.4) is 0 Å². The molecule has 0 aliphatic carbocycles. The second-order valence-electron chi connectivity index (χ2n) is 5.12. The smallest absolute Gasteiger partial charge is 0.244 e. The lowest BCUT2D eigenvalue weighted by Gasteiger charge is -2.18. The molecule has 0 amide bonds. The standard InChI is InChI=1S/C15H19N5/c1-3-11(2)17-15-18-14(10-16-19-15)20-9-8-12-6-4-5-7-13(12)20/h4-7,10-11H,3,8-9H2,1-2H3,(H,17,18,19). The Morgan fingerprint density at radius 3 is 3.05 bits per heavy atom. The van der Waals surface area contributed by atoms with Gasteiger partial charge in [0, 0.05) is 18.3 Å². The summed E-state index contributed by atoms with van der Waals surface area (Å²) in [7, 11) is 0. The molecule has 0 radical (unpaired) electrons. The quantitative estimate of drug-likeness (QED) is 0.925. The van der Waals surface area contributed by atoms with Crippen LogP contribution < -0.4 is 10.2 Å². The van der Waals surface area contributed by atoms with Crippen LogP contribution in [0.4, 0.5) is 17.5 Å². The van der Waals surface area contributed by atoms with E-state index in [1.165, 1.54) is 11.3 Å². The van der Waals surface area contributed by atoms with Gasteiger partial charge in [-0.1, -0.05) is 25.1 Å². The molecule has 20 heavy (non-hydrogen) atoms. The van der Waals surface area contributed by atoms with Crippen molar-refractivity contribution < 1.29 is 0 Å². The first kappa shape index (κ1) is 12.8. The zero-order chi connectivity index (χ0) is 13.9. The Bertz CT molecular complexity index is 598. The van der Waals surface area contributed by atoms with E-state index in [4.69, 9.17) is 0 Å². The highest BCUT2D eigenvalue weighted by atomic mass is 15.3. The van der Waals surface area contributed by atoms with Crippen LogP contribution >= 0.6 is 0 Å². The van der Waals surface area contributed by atoms with Crippen LogP contribution in [-0.4, -0.2) is 27.8 Å². The first-order valence-electron chi connectivity index (χ1n) is 7.09. The number of anilines is 3. The maximum Gasteiger partial charge on any atom is 0.244 e. The fourth-order valence-corrected chi connectivity index (χ4v) is 2.38. The van der Waals surface area contributed by atoms with Crippen LogP contribution in [0, 0.1) is 0 Å². The maximum absolute atomic E-state index is 4.58. The molecule has 0 saturated heterocycles. The molecule has 0 fully saturated rings. The van der Waals surface area contributed by atoms with Gasteiger partial charge in [-0.05, 0) is 31.4 Å². The Labute approximate surface area is 119 Å². The molecule has 1 aliphatic heterocycles. The molecule has 2 aromatic rings. The Morgan fingerprint density at radius 1 is 1.35 bits per heavy atom. The largest absolute Gasteiger partial charge is 0.350 e. The molecule has 1 aromatic heterocycles. The van der Waals surface area contributed by atoms with E-state index in [1.807, 2.05) is 0 Å². The molecule has 0 spiro atoms. The SMILES string of the molecule is CCC(C)Nc1nncc(N2CCc3ccccc32)n1. The maximum atomic E-state index is 4.58. The van der Waals surface area contributed by atoms with Gasteiger partial charge in [-0.25, -0.2) is 0 Å². The fraction of sp³-hybridized carbons (Fsp3) is 0.400. The lowest BCUT2D eigenvalue weighted by atomic mass is 10.2. The third-order valence-electron chi connectivity index (χ3n) is 3.70. The molecule has 0 bridgehead atoms. The summed E-state index contributed by atoms with van der Waals surface area (Å²) in [6.45, 7) is 5.19. The van der Waals surface area contributed by atoms with Gasteiger partial charge in [-0.2, -0.15) is 10.1 Å². The molecule has 5 nitrogen and oxygen atoms in total. The van der Waals surface area contributed by atoms with E-state index in [1.54, 1.807) is 6.20 Å². The highest BCUT2D eigenvalue weighted by Gasteiger charge is 2.21. The van der Waals surface area contributed by atoms with Crippen molar-refractivity contribution in [1.82, 2.24) is 15.2 Å². The first-order chi connectivity index (χ1) is 9.78.